The molecular formula is C18H19FN4O2. The van der Waals surface area contributed by atoms with Gasteiger partial charge in [0.2, 0.25) is 0 Å². The quantitative estimate of drug-likeness (QED) is 0.628. The van der Waals surface area contributed by atoms with Crippen molar-refractivity contribution in [2.24, 2.45) is 0 Å². The molecule has 4 N–H and O–H groups in total. The van der Waals surface area contributed by atoms with Gasteiger partial charge in [0.25, 0.3) is 0 Å². The molecule has 0 amide bonds. The van der Waals surface area contributed by atoms with Gasteiger partial charge in [-0.15, -0.1) is 10.2 Å². The number of phenols is 1. The predicted octanol–water partition coefficient (Wildman–Crippen LogP) is 3.04. The van der Waals surface area contributed by atoms with E-state index in [1.165, 1.54) is 37.2 Å². The summed E-state index contributed by atoms with van der Waals surface area (Å²) in [6.45, 7) is 0. The lowest BCUT2D eigenvalue weighted by molar-refractivity contribution is 0.183. The average Bonchev–Trinajstić information content (AvgIpc) is 3.08. The fourth-order valence-electron chi connectivity index (χ4n) is 2.85. The number of fused-ring (bicyclic) bond motifs is 1. The van der Waals surface area contributed by atoms with Gasteiger partial charge in [0.05, 0.1) is 11.7 Å². The largest absolute Gasteiger partial charge is 0.507 e. The number of aromatic hydroxyl groups is 1. The van der Waals surface area contributed by atoms with Crippen LogP contribution in [0.5, 0.6) is 5.75 Å². The molecule has 2 heterocycles. The summed E-state index contributed by atoms with van der Waals surface area (Å²) in [5, 5.41) is 27.4. The summed E-state index contributed by atoms with van der Waals surface area (Å²) in [5.74, 6) is -0.551. The standard InChI is InChI=1S/C13H9FN4O.C5H10O/c14-9-2-1-3-10(19)11(9)12-8-6-16-5-4-7(8)13(15)18-17-12;6-5-3-1-2-4-5/h1-6,19H,(H2,15,18);5-6H,1-4H2. The molecule has 0 unspecified atom stereocenters. The number of benzene rings is 1. The lowest BCUT2D eigenvalue weighted by Crippen LogP contribution is -1.99. The number of aromatic nitrogens is 3. The van der Waals surface area contributed by atoms with E-state index in [4.69, 9.17) is 10.8 Å². The second kappa shape index (κ2) is 7.40. The molecule has 7 heteroatoms. The smallest absolute Gasteiger partial charge is 0.154 e. The predicted molar refractivity (Wildman–Crippen MR) is 93.3 cm³/mol. The molecule has 1 fully saturated rings. The van der Waals surface area contributed by atoms with E-state index >= 15 is 0 Å². The van der Waals surface area contributed by atoms with E-state index in [0.29, 0.717) is 10.8 Å². The maximum absolute atomic E-state index is 13.9. The maximum Gasteiger partial charge on any atom is 0.154 e. The number of rotatable bonds is 1. The summed E-state index contributed by atoms with van der Waals surface area (Å²) in [6.07, 6.45) is 7.68. The third-order valence-electron chi connectivity index (χ3n) is 4.16. The summed E-state index contributed by atoms with van der Waals surface area (Å²) in [6, 6.07) is 5.72. The summed E-state index contributed by atoms with van der Waals surface area (Å²) >= 11 is 0. The van der Waals surface area contributed by atoms with Gasteiger partial charge >= 0.3 is 0 Å². The zero-order valence-electron chi connectivity index (χ0n) is 13.6. The van der Waals surface area contributed by atoms with E-state index in [-0.39, 0.29) is 28.9 Å². The minimum Gasteiger partial charge on any atom is -0.507 e. The highest BCUT2D eigenvalue weighted by Crippen LogP contribution is 2.35. The van der Waals surface area contributed by atoms with Crippen molar-refractivity contribution in [2.45, 2.75) is 31.8 Å². The van der Waals surface area contributed by atoms with Gasteiger partial charge in [0, 0.05) is 23.2 Å². The third kappa shape index (κ3) is 3.66. The Morgan fingerprint density at radius 2 is 1.84 bits per heavy atom. The van der Waals surface area contributed by atoms with Crippen LogP contribution in [0.3, 0.4) is 0 Å². The number of hydrogen-bond acceptors (Lipinski definition) is 6. The zero-order valence-corrected chi connectivity index (χ0v) is 13.6. The van der Waals surface area contributed by atoms with Gasteiger partial charge in [-0.05, 0) is 31.0 Å². The Kier molecular flexibility index (Phi) is 5.04. The Hall–Kier alpha value is -2.80. The molecule has 1 aliphatic rings. The number of nitrogens with zero attached hydrogens (tertiary/aromatic N) is 3. The van der Waals surface area contributed by atoms with E-state index < -0.39 is 5.82 Å². The molecule has 0 saturated heterocycles. The number of nitrogens with two attached hydrogens (primary N) is 1. The van der Waals surface area contributed by atoms with Crippen molar-refractivity contribution in [3.63, 3.8) is 0 Å². The van der Waals surface area contributed by atoms with Crippen LogP contribution < -0.4 is 5.73 Å². The van der Waals surface area contributed by atoms with Crippen LogP contribution in [0.2, 0.25) is 0 Å². The average molecular weight is 342 g/mol. The van der Waals surface area contributed by atoms with Crippen molar-refractivity contribution >= 4 is 16.6 Å². The third-order valence-corrected chi connectivity index (χ3v) is 4.16. The van der Waals surface area contributed by atoms with Crippen LogP contribution in [0.15, 0.2) is 36.7 Å². The monoisotopic (exact) mass is 342 g/mol. The first-order chi connectivity index (χ1) is 12.1. The molecule has 0 bridgehead atoms. The van der Waals surface area contributed by atoms with Gasteiger partial charge in [-0.25, -0.2) is 4.39 Å². The van der Waals surface area contributed by atoms with Gasteiger partial charge in [0.15, 0.2) is 5.82 Å². The lowest BCUT2D eigenvalue weighted by atomic mass is 10.0. The van der Waals surface area contributed by atoms with Gasteiger partial charge in [-0.1, -0.05) is 18.9 Å². The van der Waals surface area contributed by atoms with Crippen molar-refractivity contribution in [3.8, 4) is 17.0 Å². The fraction of sp³-hybridized carbons (Fsp3) is 0.278. The Morgan fingerprint density at radius 1 is 1.08 bits per heavy atom. The normalized spacial score (nSPS) is 14.3. The van der Waals surface area contributed by atoms with Crippen molar-refractivity contribution in [1.29, 1.82) is 0 Å². The molecule has 1 aliphatic carbocycles. The molecule has 0 atom stereocenters. The summed E-state index contributed by atoms with van der Waals surface area (Å²) < 4.78 is 13.9. The number of phenolic OH excluding ortho intramolecular Hbond substituents is 1. The molecule has 0 radical (unpaired) electrons. The zero-order chi connectivity index (χ0) is 17.8. The first-order valence-electron chi connectivity index (χ1n) is 8.09. The van der Waals surface area contributed by atoms with Crippen LogP contribution in [0.1, 0.15) is 25.7 Å². The highest BCUT2D eigenvalue weighted by atomic mass is 19.1. The summed E-state index contributed by atoms with van der Waals surface area (Å²) in [7, 11) is 0. The Balaban J connectivity index is 0.000000258. The number of nitrogen functional groups attached to an aromatic ring is 1. The van der Waals surface area contributed by atoms with E-state index in [2.05, 4.69) is 15.2 Å². The molecule has 0 spiro atoms. The van der Waals surface area contributed by atoms with Crippen molar-refractivity contribution in [2.75, 3.05) is 5.73 Å². The first-order valence-corrected chi connectivity index (χ1v) is 8.09. The number of aliphatic hydroxyl groups is 1. The summed E-state index contributed by atoms with van der Waals surface area (Å²) in [4.78, 5) is 3.97. The number of hydrogen-bond donors (Lipinski definition) is 3. The van der Waals surface area contributed by atoms with Gasteiger partial charge < -0.3 is 15.9 Å². The van der Waals surface area contributed by atoms with Gasteiger partial charge in [0.1, 0.15) is 17.3 Å². The molecule has 1 aromatic carbocycles. The Bertz CT molecular complexity index is 862. The molecule has 3 aromatic rings. The van der Waals surface area contributed by atoms with E-state index in [1.54, 1.807) is 12.3 Å². The molecule has 4 rings (SSSR count). The molecule has 130 valence electrons. The molecule has 1 saturated carbocycles. The molecular weight excluding hydrogens is 323 g/mol. The summed E-state index contributed by atoms with van der Waals surface area (Å²) in [5.41, 5.74) is 5.93. The first kappa shape index (κ1) is 17.0. The van der Waals surface area contributed by atoms with Crippen LogP contribution in [0.25, 0.3) is 22.0 Å². The highest BCUT2D eigenvalue weighted by molar-refractivity contribution is 5.99. The van der Waals surface area contributed by atoms with Crippen molar-refractivity contribution in [1.82, 2.24) is 15.2 Å². The molecule has 25 heavy (non-hydrogen) atoms. The molecule has 6 nitrogen and oxygen atoms in total. The van der Waals surface area contributed by atoms with Crippen LogP contribution in [-0.2, 0) is 0 Å². The molecule has 2 aromatic heterocycles. The van der Waals surface area contributed by atoms with E-state index in [0.717, 1.165) is 12.8 Å². The highest BCUT2D eigenvalue weighted by Gasteiger charge is 2.16. The van der Waals surface area contributed by atoms with E-state index in [9.17, 15) is 9.50 Å². The van der Waals surface area contributed by atoms with Gasteiger partial charge in [-0.3, -0.25) is 4.98 Å². The molecule has 0 aliphatic heterocycles. The minimum atomic E-state index is -0.579. The Labute approximate surface area is 144 Å². The van der Waals surface area contributed by atoms with Crippen LogP contribution in [-0.4, -0.2) is 31.5 Å². The Morgan fingerprint density at radius 3 is 2.48 bits per heavy atom. The second-order valence-electron chi connectivity index (χ2n) is 5.93. The number of anilines is 1. The lowest BCUT2D eigenvalue weighted by Gasteiger charge is -2.08. The van der Waals surface area contributed by atoms with E-state index in [1.807, 2.05) is 0 Å². The van der Waals surface area contributed by atoms with Crippen LogP contribution in [0, 0.1) is 5.82 Å². The number of pyridine rings is 1. The van der Waals surface area contributed by atoms with Crippen LogP contribution in [0.4, 0.5) is 10.2 Å². The fourth-order valence-corrected chi connectivity index (χ4v) is 2.85. The van der Waals surface area contributed by atoms with Gasteiger partial charge in [-0.2, -0.15) is 0 Å². The maximum atomic E-state index is 13.9. The minimum absolute atomic E-state index is 0.00648. The van der Waals surface area contributed by atoms with Crippen molar-refractivity contribution in [3.05, 3.63) is 42.5 Å². The second-order valence-corrected chi connectivity index (χ2v) is 5.93. The SMILES string of the molecule is Nc1nnc(-c2c(O)cccc2F)c2cnccc12.OC1CCCC1. The van der Waals surface area contributed by atoms with Crippen LogP contribution >= 0.6 is 0 Å². The topological polar surface area (TPSA) is 105 Å². The van der Waals surface area contributed by atoms with Crippen molar-refractivity contribution < 1.29 is 14.6 Å². The number of halogens is 1. The number of aliphatic hydroxyl groups excluding tert-OH is 1.